The van der Waals surface area contributed by atoms with E-state index in [9.17, 15) is 0 Å². The van der Waals surface area contributed by atoms with Gasteiger partial charge in [-0.1, -0.05) is 42.5 Å². The number of nitrogens with zero attached hydrogens (tertiary/aromatic N) is 3. The van der Waals surface area contributed by atoms with Crippen molar-refractivity contribution in [2.45, 2.75) is 6.54 Å². The molecule has 0 N–H and O–H groups in total. The first-order valence-corrected chi connectivity index (χ1v) is 8.01. The van der Waals surface area contributed by atoms with Gasteiger partial charge in [0.15, 0.2) is 0 Å². The van der Waals surface area contributed by atoms with Crippen molar-refractivity contribution in [2.75, 3.05) is 50.1 Å². The minimum Gasteiger partial charge on any atom is -0.376 e. The molecule has 0 amide bonds. The standard InChI is InChI=1S/C19H25N3/c1-20(2)18-10-6-7-11-19(18)22-14-12-21(13-15-22)16-17-8-4-3-5-9-17/h3-11H,12-16H2,1-2H3. The van der Waals surface area contributed by atoms with Crippen molar-refractivity contribution in [2.24, 2.45) is 0 Å². The van der Waals surface area contributed by atoms with E-state index in [0.29, 0.717) is 0 Å². The van der Waals surface area contributed by atoms with Crippen molar-refractivity contribution in [3.63, 3.8) is 0 Å². The van der Waals surface area contributed by atoms with Crippen LogP contribution in [0, 0.1) is 0 Å². The summed E-state index contributed by atoms with van der Waals surface area (Å²) in [6.07, 6.45) is 0. The zero-order valence-corrected chi connectivity index (χ0v) is 13.6. The Hall–Kier alpha value is -2.00. The van der Waals surface area contributed by atoms with Gasteiger partial charge in [0, 0.05) is 46.8 Å². The number of piperazine rings is 1. The molecule has 1 aliphatic rings. The largest absolute Gasteiger partial charge is 0.376 e. The summed E-state index contributed by atoms with van der Waals surface area (Å²) in [6.45, 7) is 5.49. The second-order valence-corrected chi connectivity index (χ2v) is 6.13. The molecule has 116 valence electrons. The lowest BCUT2D eigenvalue weighted by Crippen LogP contribution is -2.46. The van der Waals surface area contributed by atoms with E-state index in [1.165, 1.54) is 16.9 Å². The van der Waals surface area contributed by atoms with Crippen molar-refractivity contribution in [3.05, 3.63) is 60.2 Å². The fourth-order valence-electron chi connectivity index (χ4n) is 3.10. The number of para-hydroxylation sites is 2. The van der Waals surface area contributed by atoms with Crippen LogP contribution < -0.4 is 9.80 Å². The second-order valence-electron chi connectivity index (χ2n) is 6.13. The summed E-state index contributed by atoms with van der Waals surface area (Å²) in [5.74, 6) is 0. The molecule has 1 aliphatic heterocycles. The van der Waals surface area contributed by atoms with E-state index < -0.39 is 0 Å². The predicted octanol–water partition coefficient (Wildman–Crippen LogP) is 3.07. The first kappa shape index (κ1) is 14.9. The molecular weight excluding hydrogens is 270 g/mol. The van der Waals surface area contributed by atoms with E-state index >= 15 is 0 Å². The van der Waals surface area contributed by atoms with Crippen LogP contribution in [-0.2, 0) is 6.54 Å². The Balaban J connectivity index is 1.62. The van der Waals surface area contributed by atoms with Gasteiger partial charge in [-0.05, 0) is 17.7 Å². The Morgan fingerprint density at radius 1 is 0.818 bits per heavy atom. The summed E-state index contributed by atoms with van der Waals surface area (Å²) in [5, 5.41) is 0. The molecule has 0 saturated carbocycles. The fourth-order valence-corrected chi connectivity index (χ4v) is 3.10. The Bertz CT molecular complexity index is 587. The first-order chi connectivity index (χ1) is 10.7. The van der Waals surface area contributed by atoms with Gasteiger partial charge in [-0.3, -0.25) is 4.90 Å². The van der Waals surface area contributed by atoms with Gasteiger partial charge in [0.1, 0.15) is 0 Å². The highest BCUT2D eigenvalue weighted by atomic mass is 15.3. The van der Waals surface area contributed by atoms with Crippen LogP contribution in [0.1, 0.15) is 5.56 Å². The zero-order chi connectivity index (χ0) is 15.4. The van der Waals surface area contributed by atoms with Crippen LogP contribution in [0.3, 0.4) is 0 Å². The van der Waals surface area contributed by atoms with Crippen LogP contribution in [0.4, 0.5) is 11.4 Å². The minimum absolute atomic E-state index is 1.06. The Kier molecular flexibility index (Phi) is 4.64. The maximum Gasteiger partial charge on any atom is 0.0604 e. The molecule has 3 heteroatoms. The highest BCUT2D eigenvalue weighted by Crippen LogP contribution is 2.28. The van der Waals surface area contributed by atoms with Crippen molar-refractivity contribution in [3.8, 4) is 0 Å². The molecule has 0 spiro atoms. The van der Waals surface area contributed by atoms with E-state index in [-0.39, 0.29) is 0 Å². The van der Waals surface area contributed by atoms with E-state index in [1.807, 2.05) is 0 Å². The number of anilines is 2. The Morgan fingerprint density at radius 3 is 2.14 bits per heavy atom. The summed E-state index contributed by atoms with van der Waals surface area (Å²) < 4.78 is 0. The number of hydrogen-bond donors (Lipinski definition) is 0. The maximum atomic E-state index is 2.55. The average Bonchev–Trinajstić information content (AvgIpc) is 2.56. The molecule has 22 heavy (non-hydrogen) atoms. The van der Waals surface area contributed by atoms with Crippen molar-refractivity contribution in [1.29, 1.82) is 0 Å². The smallest absolute Gasteiger partial charge is 0.0604 e. The summed E-state index contributed by atoms with van der Waals surface area (Å²) in [5.41, 5.74) is 4.07. The molecular formula is C19H25N3. The normalized spacial score (nSPS) is 15.8. The number of benzene rings is 2. The monoisotopic (exact) mass is 295 g/mol. The molecule has 2 aromatic carbocycles. The van der Waals surface area contributed by atoms with Crippen LogP contribution >= 0.6 is 0 Å². The quantitative estimate of drug-likeness (QED) is 0.858. The summed E-state index contributed by atoms with van der Waals surface area (Å²) >= 11 is 0. The third kappa shape index (κ3) is 3.42. The van der Waals surface area contributed by atoms with Gasteiger partial charge in [0.25, 0.3) is 0 Å². The lowest BCUT2D eigenvalue weighted by molar-refractivity contribution is 0.250. The van der Waals surface area contributed by atoms with Crippen LogP contribution in [0.15, 0.2) is 54.6 Å². The molecule has 0 aromatic heterocycles. The zero-order valence-electron chi connectivity index (χ0n) is 13.6. The second kappa shape index (κ2) is 6.84. The predicted molar refractivity (Wildman–Crippen MR) is 94.7 cm³/mol. The first-order valence-electron chi connectivity index (χ1n) is 8.01. The van der Waals surface area contributed by atoms with Crippen LogP contribution in [-0.4, -0.2) is 45.2 Å². The van der Waals surface area contributed by atoms with Crippen molar-refractivity contribution < 1.29 is 0 Å². The van der Waals surface area contributed by atoms with Crippen LogP contribution in [0.25, 0.3) is 0 Å². The summed E-state index contributed by atoms with van der Waals surface area (Å²) in [7, 11) is 4.23. The average molecular weight is 295 g/mol. The summed E-state index contributed by atoms with van der Waals surface area (Å²) in [6, 6.07) is 19.5. The molecule has 0 radical (unpaired) electrons. The SMILES string of the molecule is CN(C)c1ccccc1N1CCN(Cc2ccccc2)CC1. The topological polar surface area (TPSA) is 9.72 Å². The van der Waals surface area contributed by atoms with Crippen molar-refractivity contribution in [1.82, 2.24) is 4.90 Å². The number of hydrogen-bond acceptors (Lipinski definition) is 3. The third-order valence-corrected chi connectivity index (χ3v) is 4.33. The third-order valence-electron chi connectivity index (χ3n) is 4.33. The van der Waals surface area contributed by atoms with Crippen LogP contribution in [0.5, 0.6) is 0 Å². The van der Waals surface area contributed by atoms with Gasteiger partial charge in [-0.25, -0.2) is 0 Å². The molecule has 3 nitrogen and oxygen atoms in total. The molecule has 1 fully saturated rings. The lowest BCUT2D eigenvalue weighted by Gasteiger charge is -2.37. The molecule has 0 unspecified atom stereocenters. The summed E-state index contributed by atoms with van der Waals surface area (Å²) in [4.78, 5) is 7.26. The van der Waals surface area contributed by atoms with E-state index in [4.69, 9.17) is 0 Å². The minimum atomic E-state index is 1.06. The molecule has 0 atom stereocenters. The Morgan fingerprint density at radius 2 is 1.45 bits per heavy atom. The van der Waals surface area contributed by atoms with E-state index in [0.717, 1.165) is 32.7 Å². The van der Waals surface area contributed by atoms with Gasteiger partial charge < -0.3 is 9.80 Å². The van der Waals surface area contributed by atoms with Gasteiger partial charge in [0.05, 0.1) is 11.4 Å². The molecule has 1 heterocycles. The fraction of sp³-hybridized carbons (Fsp3) is 0.368. The highest BCUT2D eigenvalue weighted by molar-refractivity contribution is 5.70. The lowest BCUT2D eigenvalue weighted by atomic mass is 10.1. The molecule has 3 rings (SSSR count). The maximum absolute atomic E-state index is 2.55. The van der Waals surface area contributed by atoms with Crippen LogP contribution in [0.2, 0.25) is 0 Å². The van der Waals surface area contributed by atoms with Crippen molar-refractivity contribution >= 4 is 11.4 Å². The van der Waals surface area contributed by atoms with E-state index in [1.54, 1.807) is 0 Å². The van der Waals surface area contributed by atoms with Gasteiger partial charge in [-0.15, -0.1) is 0 Å². The molecule has 0 aliphatic carbocycles. The molecule has 0 bridgehead atoms. The number of rotatable bonds is 4. The van der Waals surface area contributed by atoms with Gasteiger partial charge in [-0.2, -0.15) is 0 Å². The van der Waals surface area contributed by atoms with Gasteiger partial charge >= 0.3 is 0 Å². The highest BCUT2D eigenvalue weighted by Gasteiger charge is 2.19. The van der Waals surface area contributed by atoms with E-state index in [2.05, 4.69) is 83.4 Å². The molecule has 1 saturated heterocycles. The molecule has 2 aromatic rings. The Labute approximate surface area is 133 Å². The van der Waals surface area contributed by atoms with Gasteiger partial charge in [0.2, 0.25) is 0 Å².